The number of benzene rings is 1. The Bertz CT molecular complexity index is 557. The molecule has 1 N–H and O–H groups in total. The van der Waals surface area contributed by atoms with E-state index in [4.69, 9.17) is 4.55 Å². The lowest BCUT2D eigenvalue weighted by Gasteiger charge is -2.26. The zero-order valence-corrected chi connectivity index (χ0v) is 13.3. The second-order valence-corrected chi connectivity index (χ2v) is 6.98. The largest absolute Gasteiger partial charge is 0.287 e. The SMILES string of the molecule is CCC(C)(C)c1ccccc1CCCC=CS(=O)(=O)O. The summed E-state index contributed by atoms with van der Waals surface area (Å²) in [6, 6.07) is 8.42. The van der Waals surface area contributed by atoms with E-state index in [-0.39, 0.29) is 5.41 Å². The van der Waals surface area contributed by atoms with Gasteiger partial charge >= 0.3 is 0 Å². The van der Waals surface area contributed by atoms with Crippen LogP contribution in [0.1, 0.15) is 51.2 Å². The van der Waals surface area contributed by atoms with Crippen LogP contribution in [0.15, 0.2) is 35.7 Å². The van der Waals surface area contributed by atoms with Crippen molar-refractivity contribution in [3.63, 3.8) is 0 Å². The third-order valence-corrected chi connectivity index (χ3v) is 4.25. The minimum atomic E-state index is -3.99. The van der Waals surface area contributed by atoms with Gasteiger partial charge in [-0.2, -0.15) is 8.42 Å². The maximum absolute atomic E-state index is 10.6. The highest BCUT2D eigenvalue weighted by Gasteiger charge is 2.20. The van der Waals surface area contributed by atoms with Crippen molar-refractivity contribution in [3.8, 4) is 0 Å². The summed E-state index contributed by atoms with van der Waals surface area (Å²) in [5, 5.41) is 0.856. The van der Waals surface area contributed by atoms with Gasteiger partial charge in [0, 0.05) is 0 Å². The summed E-state index contributed by atoms with van der Waals surface area (Å²) in [7, 11) is -3.99. The van der Waals surface area contributed by atoms with Crippen molar-refractivity contribution in [2.45, 2.75) is 51.9 Å². The molecule has 4 heteroatoms. The molecule has 1 aromatic carbocycles. The van der Waals surface area contributed by atoms with Gasteiger partial charge < -0.3 is 0 Å². The molecule has 0 radical (unpaired) electrons. The van der Waals surface area contributed by atoms with Gasteiger partial charge in [0.1, 0.15) is 0 Å². The van der Waals surface area contributed by atoms with Crippen LogP contribution in [0.4, 0.5) is 0 Å². The van der Waals surface area contributed by atoms with Crippen molar-refractivity contribution in [1.82, 2.24) is 0 Å². The second-order valence-electron chi connectivity index (χ2n) is 5.67. The highest BCUT2D eigenvalue weighted by molar-refractivity contribution is 7.88. The Morgan fingerprint density at radius 2 is 1.90 bits per heavy atom. The first kappa shape index (κ1) is 16.9. The fraction of sp³-hybridized carbons (Fsp3) is 0.500. The molecule has 0 spiro atoms. The van der Waals surface area contributed by atoms with Crippen LogP contribution in [0.5, 0.6) is 0 Å². The molecule has 0 saturated heterocycles. The molecule has 0 aliphatic rings. The van der Waals surface area contributed by atoms with Crippen molar-refractivity contribution < 1.29 is 13.0 Å². The van der Waals surface area contributed by atoms with Crippen LogP contribution in [0, 0.1) is 0 Å². The van der Waals surface area contributed by atoms with E-state index >= 15 is 0 Å². The van der Waals surface area contributed by atoms with Gasteiger partial charge in [0.25, 0.3) is 10.1 Å². The second kappa shape index (κ2) is 7.04. The fourth-order valence-corrected chi connectivity index (χ4v) is 2.57. The topological polar surface area (TPSA) is 54.4 Å². The zero-order valence-electron chi connectivity index (χ0n) is 12.5. The predicted molar refractivity (Wildman–Crippen MR) is 83.4 cm³/mol. The first-order valence-corrected chi connectivity index (χ1v) is 8.49. The van der Waals surface area contributed by atoms with Crippen molar-refractivity contribution in [2.24, 2.45) is 0 Å². The summed E-state index contributed by atoms with van der Waals surface area (Å²) >= 11 is 0. The van der Waals surface area contributed by atoms with Crippen molar-refractivity contribution in [3.05, 3.63) is 46.9 Å². The van der Waals surface area contributed by atoms with Crippen LogP contribution in [0.3, 0.4) is 0 Å². The van der Waals surface area contributed by atoms with Gasteiger partial charge in [-0.3, -0.25) is 4.55 Å². The van der Waals surface area contributed by atoms with Crippen LogP contribution in [0.25, 0.3) is 0 Å². The average Bonchev–Trinajstić information content (AvgIpc) is 2.37. The van der Waals surface area contributed by atoms with E-state index in [9.17, 15) is 8.42 Å². The Labute approximate surface area is 122 Å². The van der Waals surface area contributed by atoms with Crippen LogP contribution in [-0.4, -0.2) is 13.0 Å². The number of rotatable bonds is 7. The van der Waals surface area contributed by atoms with E-state index < -0.39 is 10.1 Å². The number of hydrogen-bond donors (Lipinski definition) is 1. The molecule has 0 heterocycles. The third-order valence-electron chi connectivity index (χ3n) is 3.72. The molecule has 0 atom stereocenters. The molecule has 0 fully saturated rings. The highest BCUT2D eigenvalue weighted by atomic mass is 32.2. The summed E-state index contributed by atoms with van der Waals surface area (Å²) in [5.74, 6) is 0. The average molecular weight is 296 g/mol. The Balaban J connectivity index is 2.68. The van der Waals surface area contributed by atoms with Crippen molar-refractivity contribution in [2.75, 3.05) is 0 Å². The van der Waals surface area contributed by atoms with Crippen LogP contribution in [0.2, 0.25) is 0 Å². The third kappa shape index (κ3) is 5.47. The first-order valence-electron chi connectivity index (χ1n) is 6.98. The zero-order chi connectivity index (χ0) is 15.2. The van der Waals surface area contributed by atoms with Crippen molar-refractivity contribution >= 4 is 10.1 Å². The van der Waals surface area contributed by atoms with E-state index in [2.05, 4.69) is 39.0 Å². The lowest BCUT2D eigenvalue weighted by Crippen LogP contribution is -2.17. The van der Waals surface area contributed by atoms with Gasteiger partial charge in [-0.05, 0) is 42.2 Å². The molecule has 3 nitrogen and oxygen atoms in total. The van der Waals surface area contributed by atoms with E-state index in [1.165, 1.54) is 17.2 Å². The standard InChI is InChI=1S/C16H24O3S/c1-4-16(2,3)15-12-8-7-11-14(15)10-6-5-9-13-20(17,18)19/h7-9,11-13H,4-6,10H2,1-3H3,(H,17,18,19). The van der Waals surface area contributed by atoms with E-state index in [1.54, 1.807) is 0 Å². The number of unbranched alkanes of at least 4 members (excludes halogenated alkanes) is 1. The van der Waals surface area contributed by atoms with Crippen LogP contribution >= 0.6 is 0 Å². The van der Waals surface area contributed by atoms with Gasteiger partial charge in [0.15, 0.2) is 0 Å². The smallest absolute Gasteiger partial charge is 0.282 e. The molecule has 1 aromatic rings. The molecule has 1 rings (SSSR count). The van der Waals surface area contributed by atoms with E-state index in [0.29, 0.717) is 6.42 Å². The van der Waals surface area contributed by atoms with Crippen LogP contribution < -0.4 is 0 Å². The molecular formula is C16H24O3S. The molecule has 0 aromatic heterocycles. The monoisotopic (exact) mass is 296 g/mol. The maximum Gasteiger partial charge on any atom is 0.287 e. The molecule has 0 aliphatic heterocycles. The maximum atomic E-state index is 10.6. The summed E-state index contributed by atoms with van der Waals surface area (Å²) in [6.45, 7) is 6.67. The Kier molecular flexibility index (Phi) is 5.96. The summed E-state index contributed by atoms with van der Waals surface area (Å²) in [4.78, 5) is 0. The van der Waals surface area contributed by atoms with Crippen molar-refractivity contribution in [1.29, 1.82) is 0 Å². The van der Waals surface area contributed by atoms with Crippen LogP contribution in [-0.2, 0) is 22.0 Å². The molecule has 20 heavy (non-hydrogen) atoms. The predicted octanol–water partition coefficient (Wildman–Crippen LogP) is 4.10. The normalized spacial score (nSPS) is 13.0. The molecule has 0 amide bonds. The number of aryl methyl sites for hydroxylation is 1. The lowest BCUT2D eigenvalue weighted by atomic mass is 9.79. The van der Waals surface area contributed by atoms with Gasteiger partial charge in [0.2, 0.25) is 0 Å². The molecule has 0 saturated carbocycles. The molecule has 0 bridgehead atoms. The van der Waals surface area contributed by atoms with Gasteiger partial charge in [-0.1, -0.05) is 51.1 Å². The molecule has 0 aliphatic carbocycles. The van der Waals surface area contributed by atoms with Gasteiger partial charge in [0.05, 0.1) is 5.41 Å². The lowest BCUT2D eigenvalue weighted by molar-refractivity contribution is 0.494. The molecular weight excluding hydrogens is 272 g/mol. The fourth-order valence-electron chi connectivity index (χ4n) is 2.19. The number of hydrogen-bond acceptors (Lipinski definition) is 2. The van der Waals surface area contributed by atoms with E-state index in [1.807, 2.05) is 6.07 Å². The Morgan fingerprint density at radius 1 is 1.25 bits per heavy atom. The first-order chi connectivity index (χ1) is 9.26. The summed E-state index contributed by atoms with van der Waals surface area (Å²) in [5.41, 5.74) is 2.83. The Morgan fingerprint density at radius 3 is 2.50 bits per heavy atom. The summed E-state index contributed by atoms with van der Waals surface area (Å²) < 4.78 is 29.7. The quantitative estimate of drug-likeness (QED) is 0.609. The number of allylic oxidation sites excluding steroid dienone is 1. The highest BCUT2D eigenvalue weighted by Crippen LogP contribution is 2.30. The Hall–Kier alpha value is -1.13. The molecule has 0 unspecified atom stereocenters. The van der Waals surface area contributed by atoms with E-state index in [0.717, 1.165) is 24.7 Å². The van der Waals surface area contributed by atoms with Gasteiger partial charge in [-0.25, -0.2) is 0 Å². The van der Waals surface area contributed by atoms with Gasteiger partial charge in [-0.15, -0.1) is 0 Å². The molecule has 112 valence electrons. The minimum absolute atomic E-state index is 0.154. The summed E-state index contributed by atoms with van der Waals surface area (Å²) in [6.07, 6.45) is 4.99. The minimum Gasteiger partial charge on any atom is -0.282 e.